The molecular formula is C37H38N2O10S3. The van der Waals surface area contributed by atoms with Crippen molar-refractivity contribution in [3.05, 3.63) is 149 Å². The van der Waals surface area contributed by atoms with Crippen molar-refractivity contribution in [2.75, 3.05) is 18.0 Å². The molecule has 274 valence electrons. The average Bonchev–Trinajstić information content (AvgIpc) is 3.10. The van der Waals surface area contributed by atoms with Gasteiger partial charge in [-0.15, -0.1) is 0 Å². The molecule has 0 spiro atoms. The summed E-state index contributed by atoms with van der Waals surface area (Å²) in [6, 6.07) is 25.7. The van der Waals surface area contributed by atoms with Gasteiger partial charge in [0.2, 0.25) is 0 Å². The summed E-state index contributed by atoms with van der Waals surface area (Å²) in [4.78, 5) is 1.30. The summed E-state index contributed by atoms with van der Waals surface area (Å²) in [5, 5.41) is 0. The molecule has 0 saturated carbocycles. The molecule has 0 heterocycles. The van der Waals surface area contributed by atoms with Crippen LogP contribution in [0.4, 0.5) is 5.69 Å². The number of anilines is 1. The van der Waals surface area contributed by atoms with Crippen LogP contribution in [0.1, 0.15) is 36.1 Å². The van der Waals surface area contributed by atoms with Crippen LogP contribution in [0.25, 0.3) is 5.57 Å². The third kappa shape index (κ3) is 9.37. The molecule has 1 aliphatic rings. The molecule has 4 aromatic carbocycles. The van der Waals surface area contributed by atoms with Crippen LogP contribution < -0.4 is 4.90 Å². The third-order valence-corrected chi connectivity index (χ3v) is 11.1. The van der Waals surface area contributed by atoms with E-state index in [1.54, 1.807) is 36.4 Å². The van der Waals surface area contributed by atoms with Gasteiger partial charge in [0, 0.05) is 42.1 Å². The zero-order valence-electron chi connectivity index (χ0n) is 28.2. The van der Waals surface area contributed by atoms with Crippen LogP contribution in [-0.2, 0) is 43.4 Å². The van der Waals surface area contributed by atoms with Crippen molar-refractivity contribution < 1.29 is 49.0 Å². The van der Waals surface area contributed by atoms with Gasteiger partial charge in [-0.1, -0.05) is 60.7 Å². The molecule has 5 rings (SSSR count). The minimum Gasteiger partial charge on any atom is -0.870 e. The van der Waals surface area contributed by atoms with E-state index in [1.807, 2.05) is 71.9 Å². The van der Waals surface area contributed by atoms with E-state index < -0.39 is 30.4 Å². The zero-order valence-corrected chi connectivity index (χ0v) is 30.7. The molecule has 0 radical (unpaired) electrons. The van der Waals surface area contributed by atoms with Crippen LogP contribution in [0.5, 0.6) is 0 Å². The lowest BCUT2D eigenvalue weighted by molar-refractivity contribution is -0.539. The molecule has 0 aromatic heterocycles. The van der Waals surface area contributed by atoms with Gasteiger partial charge in [0.1, 0.15) is 11.4 Å². The van der Waals surface area contributed by atoms with Gasteiger partial charge in [0.25, 0.3) is 30.4 Å². The fraction of sp³-hybridized carbons (Fsp3) is 0.162. The molecule has 0 amide bonds. The smallest absolute Gasteiger partial charge is 0.295 e. The molecule has 0 saturated heterocycles. The quantitative estimate of drug-likeness (QED) is 0.115. The maximum atomic E-state index is 12.5. The standard InChI is InChI=1S/C37H36N2O9S3.H2O/c1-3-38(25-27-10-9-12-33(24-27)49(40,41)42)31-20-16-28(17-21-31)37(34-13-6-8-15-36(34)51(46,47)48)29-18-22-32(23-19-29)39(4-2)26-30-11-5-7-14-35(30)50(43,44)45;/h5-24H,3-4,25-26H2,1-2H3,(H2-,40,41,42,43,44,45,46,47,48);1H2. The molecule has 0 aliphatic heterocycles. The fourth-order valence-electron chi connectivity index (χ4n) is 5.94. The summed E-state index contributed by atoms with van der Waals surface area (Å²) in [5.41, 5.74) is 4.77. The molecule has 4 N–H and O–H groups in total. The lowest BCUT2D eigenvalue weighted by atomic mass is 9.90. The number of nitrogens with zero attached hydrogens (tertiary/aromatic N) is 2. The van der Waals surface area contributed by atoms with Gasteiger partial charge in [0.05, 0.1) is 9.79 Å². The lowest BCUT2D eigenvalue weighted by Gasteiger charge is -2.25. The van der Waals surface area contributed by atoms with Crippen LogP contribution in [0, 0.1) is 0 Å². The Labute approximate surface area is 304 Å². The van der Waals surface area contributed by atoms with Crippen LogP contribution in [0.3, 0.4) is 0 Å². The van der Waals surface area contributed by atoms with Crippen molar-refractivity contribution in [1.29, 1.82) is 0 Å². The normalized spacial score (nSPS) is 13.1. The molecule has 0 fully saturated rings. The molecule has 4 aromatic rings. The SMILES string of the molecule is CCN(Cc1ccccc1S(=O)(=O)O)c1ccc(C(=C2C=CC(=[N+](CC)Cc3cccc(S(=O)(=O)O)c3)C=C2)c2ccccc2S(=O)(=O)O)cc1.[OH-]. The molecule has 0 bridgehead atoms. The zero-order chi connectivity index (χ0) is 37.0. The predicted octanol–water partition coefficient (Wildman–Crippen LogP) is 5.88. The summed E-state index contributed by atoms with van der Waals surface area (Å²) in [7, 11) is -13.4. The van der Waals surface area contributed by atoms with Gasteiger partial charge < -0.3 is 10.4 Å². The van der Waals surface area contributed by atoms with Gasteiger partial charge >= 0.3 is 0 Å². The highest BCUT2D eigenvalue weighted by Gasteiger charge is 2.23. The van der Waals surface area contributed by atoms with Crippen molar-refractivity contribution in [3.63, 3.8) is 0 Å². The number of benzene rings is 4. The molecule has 52 heavy (non-hydrogen) atoms. The van der Waals surface area contributed by atoms with Gasteiger partial charge in [-0.05, 0) is 84.7 Å². The predicted molar refractivity (Wildman–Crippen MR) is 198 cm³/mol. The van der Waals surface area contributed by atoms with E-state index in [4.69, 9.17) is 0 Å². The highest BCUT2D eigenvalue weighted by Crippen LogP contribution is 2.35. The second kappa shape index (κ2) is 16.3. The van der Waals surface area contributed by atoms with Crippen molar-refractivity contribution >= 4 is 47.3 Å². The van der Waals surface area contributed by atoms with E-state index in [9.17, 15) is 38.9 Å². The van der Waals surface area contributed by atoms with Crippen molar-refractivity contribution in [2.24, 2.45) is 0 Å². The van der Waals surface area contributed by atoms with Gasteiger partial charge in [-0.25, -0.2) is 4.58 Å². The van der Waals surface area contributed by atoms with E-state index >= 15 is 0 Å². The first-order valence-corrected chi connectivity index (χ1v) is 20.2. The molecular weight excluding hydrogens is 729 g/mol. The summed E-state index contributed by atoms with van der Waals surface area (Å²) >= 11 is 0. The summed E-state index contributed by atoms with van der Waals surface area (Å²) < 4.78 is 104. The minimum absolute atomic E-state index is 0. The lowest BCUT2D eigenvalue weighted by Crippen LogP contribution is -2.23. The Morgan fingerprint density at radius 3 is 1.85 bits per heavy atom. The first-order valence-electron chi connectivity index (χ1n) is 15.9. The Hall–Kier alpha value is -4.74. The molecule has 12 nitrogen and oxygen atoms in total. The van der Waals surface area contributed by atoms with Gasteiger partial charge in [0.15, 0.2) is 12.3 Å². The monoisotopic (exact) mass is 766 g/mol. The second-order valence-electron chi connectivity index (χ2n) is 11.7. The maximum Gasteiger partial charge on any atom is 0.295 e. The van der Waals surface area contributed by atoms with Crippen molar-refractivity contribution in [1.82, 2.24) is 0 Å². The fourth-order valence-corrected chi connectivity index (χ4v) is 7.91. The van der Waals surface area contributed by atoms with Crippen LogP contribution in [0.15, 0.2) is 142 Å². The number of hydrogen-bond donors (Lipinski definition) is 3. The average molecular weight is 767 g/mol. The van der Waals surface area contributed by atoms with E-state index in [0.717, 1.165) is 11.4 Å². The Balaban J connectivity index is 0.00000605. The maximum absolute atomic E-state index is 12.5. The summed E-state index contributed by atoms with van der Waals surface area (Å²) in [6.07, 6.45) is 7.39. The third-order valence-electron chi connectivity index (χ3n) is 8.42. The summed E-state index contributed by atoms with van der Waals surface area (Å²) in [5.74, 6) is 0. The van der Waals surface area contributed by atoms with Crippen LogP contribution >= 0.6 is 0 Å². The highest BCUT2D eigenvalue weighted by molar-refractivity contribution is 7.86. The van der Waals surface area contributed by atoms with E-state index in [1.165, 1.54) is 36.4 Å². The highest BCUT2D eigenvalue weighted by atomic mass is 32.2. The minimum atomic E-state index is -4.61. The second-order valence-corrected chi connectivity index (χ2v) is 15.9. The van der Waals surface area contributed by atoms with Crippen LogP contribution in [-0.4, -0.2) is 67.8 Å². The molecule has 1 aliphatic carbocycles. The van der Waals surface area contributed by atoms with Crippen LogP contribution in [0.2, 0.25) is 0 Å². The van der Waals surface area contributed by atoms with Gasteiger partial charge in [-0.3, -0.25) is 13.7 Å². The molecule has 0 unspecified atom stereocenters. The first-order chi connectivity index (χ1) is 24.1. The number of allylic oxidation sites excluding steroid dienone is 5. The Bertz CT molecular complexity index is 2400. The Morgan fingerprint density at radius 2 is 1.27 bits per heavy atom. The Morgan fingerprint density at radius 1 is 0.673 bits per heavy atom. The molecule has 15 heteroatoms. The van der Waals surface area contributed by atoms with E-state index in [-0.39, 0.29) is 32.3 Å². The molecule has 0 atom stereocenters. The van der Waals surface area contributed by atoms with Crippen molar-refractivity contribution in [3.8, 4) is 0 Å². The summed E-state index contributed by atoms with van der Waals surface area (Å²) in [6.45, 7) is 5.49. The largest absolute Gasteiger partial charge is 0.870 e. The van der Waals surface area contributed by atoms with Gasteiger partial charge in [-0.2, -0.15) is 25.3 Å². The van der Waals surface area contributed by atoms with E-state index in [0.29, 0.717) is 47.5 Å². The topological polar surface area (TPSA) is 199 Å². The number of hydrogen-bond acceptors (Lipinski definition) is 8. The first kappa shape index (κ1) is 40.0. The Kier molecular flexibility index (Phi) is 12.5. The van der Waals surface area contributed by atoms with Crippen molar-refractivity contribution in [2.45, 2.75) is 41.6 Å². The number of rotatable bonds is 12. The van der Waals surface area contributed by atoms with E-state index in [2.05, 4.69) is 0 Å².